The third-order valence-corrected chi connectivity index (χ3v) is 3.77. The van der Waals surface area contributed by atoms with Gasteiger partial charge in [-0.25, -0.2) is 5.01 Å². The second kappa shape index (κ2) is 5.77. The maximum Gasteiger partial charge on any atom is 0.241 e. The third kappa shape index (κ3) is 2.89. The summed E-state index contributed by atoms with van der Waals surface area (Å²) in [6.45, 7) is 0.0491. The van der Waals surface area contributed by atoms with Gasteiger partial charge < -0.3 is 0 Å². The standard InChI is InChI=1S/C13H17N3O3/c17-14-15(12-7-3-1-4-8-12)11-13(16(18)19)9-5-2-6-10-13/h1,3-4,7-8H,2,5-6,9-11H2. The lowest BCUT2D eigenvalue weighted by atomic mass is 9.82. The zero-order valence-electron chi connectivity index (χ0n) is 10.7. The van der Waals surface area contributed by atoms with Crippen LogP contribution in [0.15, 0.2) is 35.6 Å². The van der Waals surface area contributed by atoms with E-state index in [-0.39, 0.29) is 11.5 Å². The van der Waals surface area contributed by atoms with Crippen LogP contribution >= 0.6 is 0 Å². The highest BCUT2D eigenvalue weighted by atomic mass is 16.6. The van der Waals surface area contributed by atoms with E-state index in [4.69, 9.17) is 0 Å². The van der Waals surface area contributed by atoms with Crippen molar-refractivity contribution < 1.29 is 4.92 Å². The minimum Gasteiger partial charge on any atom is -0.264 e. The SMILES string of the molecule is O=NN(CC1([N+](=O)[O-])CCCCC1)c1ccccc1. The molecule has 6 heteroatoms. The third-order valence-electron chi connectivity index (χ3n) is 3.77. The molecular weight excluding hydrogens is 246 g/mol. The predicted molar refractivity (Wildman–Crippen MR) is 72.4 cm³/mol. The fourth-order valence-corrected chi connectivity index (χ4v) is 2.65. The molecule has 0 bridgehead atoms. The minimum atomic E-state index is -1.04. The van der Waals surface area contributed by atoms with Gasteiger partial charge in [-0.05, 0) is 25.0 Å². The molecule has 0 aliphatic heterocycles. The Bertz CT molecular complexity index is 444. The summed E-state index contributed by atoms with van der Waals surface area (Å²) < 4.78 is 0. The number of hydrogen-bond acceptors (Lipinski definition) is 4. The fourth-order valence-electron chi connectivity index (χ4n) is 2.65. The van der Waals surface area contributed by atoms with Gasteiger partial charge in [0.2, 0.25) is 5.54 Å². The molecule has 1 saturated carbocycles. The lowest BCUT2D eigenvalue weighted by Gasteiger charge is -2.31. The van der Waals surface area contributed by atoms with Crippen LogP contribution in [0.1, 0.15) is 32.1 Å². The lowest BCUT2D eigenvalue weighted by Crippen LogP contribution is -2.49. The molecule has 1 fully saturated rings. The van der Waals surface area contributed by atoms with Crippen molar-refractivity contribution in [1.29, 1.82) is 0 Å². The van der Waals surface area contributed by atoms with Gasteiger partial charge in [-0.15, -0.1) is 4.91 Å². The molecule has 2 rings (SSSR count). The highest BCUT2D eigenvalue weighted by Crippen LogP contribution is 2.33. The van der Waals surface area contributed by atoms with Crippen LogP contribution in [0.25, 0.3) is 0 Å². The molecule has 1 aliphatic carbocycles. The van der Waals surface area contributed by atoms with Crippen LogP contribution in [-0.2, 0) is 0 Å². The van der Waals surface area contributed by atoms with Crippen LogP contribution in [-0.4, -0.2) is 17.0 Å². The highest BCUT2D eigenvalue weighted by molar-refractivity contribution is 5.45. The summed E-state index contributed by atoms with van der Waals surface area (Å²) in [4.78, 5) is 22.2. The minimum absolute atomic E-state index is 0.0491. The summed E-state index contributed by atoms with van der Waals surface area (Å²) in [6, 6.07) is 8.87. The van der Waals surface area contributed by atoms with Gasteiger partial charge in [0.05, 0.1) is 11.0 Å². The van der Waals surface area contributed by atoms with E-state index in [0.717, 1.165) is 19.3 Å². The molecule has 1 aromatic rings. The molecule has 0 amide bonds. The average Bonchev–Trinajstić information content (AvgIpc) is 2.46. The van der Waals surface area contributed by atoms with Crippen LogP contribution in [0.3, 0.4) is 0 Å². The van der Waals surface area contributed by atoms with Crippen molar-refractivity contribution >= 4 is 5.69 Å². The topological polar surface area (TPSA) is 75.8 Å². The van der Waals surface area contributed by atoms with E-state index >= 15 is 0 Å². The van der Waals surface area contributed by atoms with Gasteiger partial charge in [-0.3, -0.25) is 10.1 Å². The summed E-state index contributed by atoms with van der Waals surface area (Å²) in [7, 11) is 0. The Kier molecular flexibility index (Phi) is 4.09. The van der Waals surface area contributed by atoms with Gasteiger partial charge in [0.1, 0.15) is 6.54 Å². The summed E-state index contributed by atoms with van der Waals surface area (Å²) >= 11 is 0. The van der Waals surface area contributed by atoms with E-state index in [0.29, 0.717) is 18.5 Å². The normalized spacial score (nSPS) is 17.7. The van der Waals surface area contributed by atoms with Gasteiger partial charge in [-0.2, -0.15) is 0 Å². The van der Waals surface area contributed by atoms with Gasteiger partial charge >= 0.3 is 0 Å². The largest absolute Gasteiger partial charge is 0.264 e. The van der Waals surface area contributed by atoms with E-state index in [1.54, 1.807) is 24.3 Å². The van der Waals surface area contributed by atoms with Gasteiger partial charge in [0.15, 0.2) is 0 Å². The molecule has 0 atom stereocenters. The van der Waals surface area contributed by atoms with Crippen molar-refractivity contribution in [3.05, 3.63) is 45.4 Å². The summed E-state index contributed by atoms with van der Waals surface area (Å²) in [5.74, 6) is 0. The first-order valence-electron chi connectivity index (χ1n) is 6.48. The molecule has 0 saturated heterocycles. The second-order valence-electron chi connectivity index (χ2n) is 5.02. The Morgan fingerprint density at radius 2 is 1.84 bits per heavy atom. The Morgan fingerprint density at radius 1 is 1.21 bits per heavy atom. The van der Waals surface area contributed by atoms with Crippen molar-refractivity contribution in [3.8, 4) is 0 Å². The average molecular weight is 263 g/mol. The van der Waals surface area contributed by atoms with E-state index in [1.807, 2.05) is 6.07 Å². The molecule has 1 aliphatic rings. The first-order chi connectivity index (χ1) is 9.18. The number of nitro groups is 1. The Hall–Kier alpha value is -1.98. The summed E-state index contributed by atoms with van der Waals surface area (Å²) in [6.07, 6.45) is 3.72. The zero-order valence-corrected chi connectivity index (χ0v) is 10.7. The molecule has 0 radical (unpaired) electrons. The number of nitrogens with zero attached hydrogens (tertiary/aromatic N) is 3. The molecule has 1 aromatic carbocycles. The number of benzene rings is 1. The van der Waals surface area contributed by atoms with E-state index < -0.39 is 5.54 Å². The lowest BCUT2D eigenvalue weighted by molar-refractivity contribution is -0.571. The van der Waals surface area contributed by atoms with Crippen LogP contribution < -0.4 is 5.01 Å². The number of nitroso groups, excluding NO2 is 1. The number of para-hydroxylation sites is 1. The number of anilines is 1. The molecule has 102 valence electrons. The molecule has 0 spiro atoms. The van der Waals surface area contributed by atoms with Crippen molar-refractivity contribution in [2.45, 2.75) is 37.6 Å². The van der Waals surface area contributed by atoms with Gasteiger partial charge in [0, 0.05) is 17.8 Å². The summed E-state index contributed by atoms with van der Waals surface area (Å²) in [5.41, 5.74) is -0.438. The Balaban J connectivity index is 2.20. The molecule has 0 aromatic heterocycles. The van der Waals surface area contributed by atoms with E-state index in [9.17, 15) is 15.0 Å². The smallest absolute Gasteiger partial charge is 0.241 e. The van der Waals surface area contributed by atoms with Crippen molar-refractivity contribution in [2.24, 2.45) is 5.29 Å². The van der Waals surface area contributed by atoms with Crippen molar-refractivity contribution in [1.82, 2.24) is 0 Å². The molecule has 0 heterocycles. The maximum absolute atomic E-state index is 11.4. The summed E-state index contributed by atoms with van der Waals surface area (Å²) in [5, 5.41) is 15.6. The fraction of sp³-hybridized carbons (Fsp3) is 0.538. The van der Waals surface area contributed by atoms with Gasteiger partial charge in [-0.1, -0.05) is 24.6 Å². The number of hydrogen-bond donors (Lipinski definition) is 0. The molecule has 6 nitrogen and oxygen atoms in total. The van der Waals surface area contributed by atoms with Crippen LogP contribution in [0.5, 0.6) is 0 Å². The van der Waals surface area contributed by atoms with Crippen molar-refractivity contribution in [2.75, 3.05) is 11.6 Å². The second-order valence-corrected chi connectivity index (χ2v) is 5.02. The number of rotatable bonds is 5. The first-order valence-corrected chi connectivity index (χ1v) is 6.48. The van der Waals surface area contributed by atoms with Gasteiger partial charge in [0.25, 0.3) is 0 Å². The van der Waals surface area contributed by atoms with E-state index in [1.165, 1.54) is 5.01 Å². The Morgan fingerprint density at radius 3 is 2.37 bits per heavy atom. The Labute approximate surface area is 111 Å². The molecule has 0 N–H and O–H groups in total. The monoisotopic (exact) mass is 263 g/mol. The molecule has 19 heavy (non-hydrogen) atoms. The van der Waals surface area contributed by atoms with Crippen molar-refractivity contribution in [3.63, 3.8) is 0 Å². The molecular formula is C13H17N3O3. The zero-order chi connectivity index (χ0) is 13.7. The van der Waals surface area contributed by atoms with Crippen LogP contribution in [0.4, 0.5) is 5.69 Å². The first kappa shape index (κ1) is 13.5. The quantitative estimate of drug-likeness (QED) is 0.464. The van der Waals surface area contributed by atoms with E-state index in [2.05, 4.69) is 5.29 Å². The molecule has 0 unspecified atom stereocenters. The highest BCUT2D eigenvalue weighted by Gasteiger charge is 2.45. The van der Waals surface area contributed by atoms with Crippen LogP contribution in [0.2, 0.25) is 0 Å². The maximum atomic E-state index is 11.4. The predicted octanol–water partition coefficient (Wildman–Crippen LogP) is 3.15. The van der Waals surface area contributed by atoms with Crippen LogP contribution in [0, 0.1) is 15.0 Å².